The van der Waals surface area contributed by atoms with Gasteiger partial charge in [-0.25, -0.2) is 9.97 Å². The van der Waals surface area contributed by atoms with Crippen molar-refractivity contribution in [1.29, 1.82) is 0 Å². The zero-order chi connectivity index (χ0) is 18.7. The summed E-state index contributed by atoms with van der Waals surface area (Å²) in [5, 5.41) is 2.99. The summed E-state index contributed by atoms with van der Waals surface area (Å²) in [7, 11) is 5.68. The minimum absolute atomic E-state index is 0.000567. The minimum atomic E-state index is -0.148. The Hall–Kier alpha value is -2.48. The number of carbonyl (C=O) groups excluding carboxylic acids is 1. The molecule has 0 bridgehead atoms. The second kappa shape index (κ2) is 7.82. The molecule has 3 heterocycles. The van der Waals surface area contributed by atoms with Crippen LogP contribution in [0.3, 0.4) is 0 Å². The van der Waals surface area contributed by atoms with Crippen LogP contribution in [0.25, 0.3) is 11.2 Å². The van der Waals surface area contributed by atoms with Crippen LogP contribution < -0.4 is 15.8 Å². The van der Waals surface area contributed by atoms with Crippen LogP contribution in [-0.4, -0.2) is 65.6 Å². The van der Waals surface area contributed by atoms with Gasteiger partial charge in [0.15, 0.2) is 11.5 Å². The summed E-state index contributed by atoms with van der Waals surface area (Å²) in [4.78, 5) is 37.7. The molecule has 0 spiro atoms. The first-order valence-corrected chi connectivity index (χ1v) is 8.96. The lowest BCUT2D eigenvalue weighted by Gasteiger charge is -2.32. The average molecular weight is 358 g/mol. The number of carbonyl (C=O) groups is 1. The van der Waals surface area contributed by atoms with Crippen molar-refractivity contribution < 1.29 is 4.79 Å². The largest absolute Gasteiger partial charge is 0.355 e. The van der Waals surface area contributed by atoms with E-state index in [0.717, 1.165) is 19.4 Å². The van der Waals surface area contributed by atoms with Crippen LogP contribution in [0.5, 0.6) is 0 Å². The van der Waals surface area contributed by atoms with Gasteiger partial charge in [-0.1, -0.05) is 0 Å². The van der Waals surface area contributed by atoms with Gasteiger partial charge >= 0.3 is 0 Å². The lowest BCUT2D eigenvalue weighted by Crippen LogP contribution is -2.44. The molecule has 0 unspecified atom stereocenters. The van der Waals surface area contributed by atoms with Gasteiger partial charge in [-0.15, -0.1) is 0 Å². The average Bonchev–Trinajstić information content (AvgIpc) is 2.64. The van der Waals surface area contributed by atoms with Crippen molar-refractivity contribution in [3.63, 3.8) is 0 Å². The molecule has 2 aromatic heterocycles. The normalized spacial score (nSPS) is 15.6. The van der Waals surface area contributed by atoms with Crippen molar-refractivity contribution >= 4 is 22.9 Å². The Morgan fingerprint density at radius 2 is 2.08 bits per heavy atom. The molecular weight excluding hydrogens is 332 g/mol. The summed E-state index contributed by atoms with van der Waals surface area (Å²) < 4.78 is 1.54. The Kier molecular flexibility index (Phi) is 5.51. The summed E-state index contributed by atoms with van der Waals surface area (Å²) >= 11 is 0. The first-order chi connectivity index (χ1) is 12.5. The maximum Gasteiger partial charge on any atom is 0.294 e. The molecule has 1 aliphatic rings. The molecule has 1 amide bonds. The fourth-order valence-corrected chi connectivity index (χ4v) is 3.25. The van der Waals surface area contributed by atoms with E-state index in [2.05, 4.69) is 15.3 Å². The molecular formula is C18H26N6O2. The number of aryl methyl sites for hydroxylation is 1. The highest BCUT2D eigenvalue weighted by molar-refractivity contribution is 5.79. The predicted octanol–water partition coefficient (Wildman–Crippen LogP) is 0.223. The lowest BCUT2D eigenvalue weighted by molar-refractivity contribution is -0.125. The highest BCUT2D eigenvalue weighted by Crippen LogP contribution is 2.21. The summed E-state index contributed by atoms with van der Waals surface area (Å²) in [6, 6.07) is 3.67. The van der Waals surface area contributed by atoms with E-state index in [1.54, 1.807) is 13.2 Å². The lowest BCUT2D eigenvalue weighted by atomic mass is 9.96. The molecule has 1 saturated heterocycles. The van der Waals surface area contributed by atoms with Gasteiger partial charge in [0.1, 0.15) is 5.52 Å². The minimum Gasteiger partial charge on any atom is -0.355 e. The van der Waals surface area contributed by atoms with E-state index in [-0.39, 0.29) is 17.4 Å². The highest BCUT2D eigenvalue weighted by atomic mass is 16.2. The molecule has 3 rings (SSSR count). The van der Waals surface area contributed by atoms with Gasteiger partial charge in [0.25, 0.3) is 5.56 Å². The summed E-state index contributed by atoms with van der Waals surface area (Å²) in [6.45, 7) is 2.79. The first-order valence-electron chi connectivity index (χ1n) is 8.96. The first kappa shape index (κ1) is 18.3. The molecule has 0 aromatic carbocycles. The number of hydrogen-bond donors (Lipinski definition) is 1. The zero-order valence-corrected chi connectivity index (χ0v) is 15.6. The predicted molar refractivity (Wildman–Crippen MR) is 101 cm³/mol. The Bertz CT molecular complexity index is 839. The molecule has 8 nitrogen and oxygen atoms in total. The molecule has 26 heavy (non-hydrogen) atoms. The van der Waals surface area contributed by atoms with Gasteiger partial charge in [0, 0.05) is 45.3 Å². The summed E-state index contributed by atoms with van der Waals surface area (Å²) in [6.07, 6.45) is 3.11. The fourth-order valence-electron chi connectivity index (χ4n) is 3.25. The standard InChI is InChI=1S/C18H26N6O2/c1-22(2)12-9-20-17(25)13-6-10-24(11-7-13)16-18(26)23(3)15-14(21-16)5-4-8-19-15/h4-5,8,13H,6-7,9-12H2,1-3H3,(H,20,25). The highest BCUT2D eigenvalue weighted by Gasteiger charge is 2.27. The monoisotopic (exact) mass is 358 g/mol. The van der Waals surface area contributed by atoms with Crippen molar-refractivity contribution in [2.75, 3.05) is 45.2 Å². The molecule has 0 aliphatic carbocycles. The molecule has 1 N–H and O–H groups in total. The van der Waals surface area contributed by atoms with Crippen LogP contribution in [0.1, 0.15) is 12.8 Å². The van der Waals surface area contributed by atoms with E-state index in [9.17, 15) is 9.59 Å². The quantitative estimate of drug-likeness (QED) is 0.823. The number of hydrogen-bond acceptors (Lipinski definition) is 6. The third kappa shape index (κ3) is 3.85. The summed E-state index contributed by atoms with van der Waals surface area (Å²) in [5.74, 6) is 0.550. The number of nitrogens with zero attached hydrogens (tertiary/aromatic N) is 5. The van der Waals surface area contributed by atoms with E-state index in [4.69, 9.17) is 0 Å². The molecule has 2 aromatic rings. The van der Waals surface area contributed by atoms with Crippen molar-refractivity contribution in [1.82, 2.24) is 24.8 Å². The van der Waals surface area contributed by atoms with Crippen LogP contribution >= 0.6 is 0 Å². The van der Waals surface area contributed by atoms with Gasteiger partial charge in [0.2, 0.25) is 5.91 Å². The Labute approximate surface area is 152 Å². The molecule has 140 valence electrons. The van der Waals surface area contributed by atoms with Crippen LogP contribution in [0.4, 0.5) is 5.82 Å². The van der Waals surface area contributed by atoms with E-state index >= 15 is 0 Å². The molecule has 0 radical (unpaired) electrons. The van der Waals surface area contributed by atoms with Gasteiger partial charge in [-0.2, -0.15) is 0 Å². The molecule has 8 heteroatoms. The van der Waals surface area contributed by atoms with Gasteiger partial charge < -0.3 is 15.1 Å². The van der Waals surface area contributed by atoms with Gasteiger partial charge in [-0.3, -0.25) is 14.2 Å². The third-order valence-electron chi connectivity index (χ3n) is 4.83. The molecule has 1 aliphatic heterocycles. The number of rotatable bonds is 5. The smallest absolute Gasteiger partial charge is 0.294 e. The van der Waals surface area contributed by atoms with Crippen molar-refractivity contribution in [3.05, 3.63) is 28.7 Å². The van der Waals surface area contributed by atoms with Crippen molar-refractivity contribution in [2.24, 2.45) is 13.0 Å². The van der Waals surface area contributed by atoms with Crippen LogP contribution in [-0.2, 0) is 11.8 Å². The maximum atomic E-state index is 12.6. The Balaban J connectivity index is 1.67. The van der Waals surface area contributed by atoms with Crippen LogP contribution in [0, 0.1) is 5.92 Å². The third-order valence-corrected chi connectivity index (χ3v) is 4.83. The number of likely N-dealkylation sites (N-methyl/N-ethyl adjacent to an activating group) is 1. The molecule has 1 fully saturated rings. The van der Waals surface area contributed by atoms with Crippen LogP contribution in [0.2, 0.25) is 0 Å². The second-order valence-corrected chi connectivity index (χ2v) is 7.00. The zero-order valence-electron chi connectivity index (χ0n) is 15.6. The maximum absolute atomic E-state index is 12.6. The number of fused-ring (bicyclic) bond motifs is 1. The number of aromatic nitrogens is 3. The number of anilines is 1. The second-order valence-electron chi connectivity index (χ2n) is 7.00. The van der Waals surface area contributed by atoms with E-state index < -0.39 is 0 Å². The molecule has 0 saturated carbocycles. The number of piperidine rings is 1. The van der Waals surface area contributed by atoms with Crippen molar-refractivity contribution in [2.45, 2.75) is 12.8 Å². The van der Waals surface area contributed by atoms with E-state index in [1.165, 1.54) is 4.57 Å². The van der Waals surface area contributed by atoms with Gasteiger partial charge in [-0.05, 0) is 39.1 Å². The number of nitrogens with one attached hydrogen (secondary N) is 1. The number of amides is 1. The Morgan fingerprint density at radius 3 is 2.77 bits per heavy atom. The summed E-state index contributed by atoms with van der Waals surface area (Å²) in [5.41, 5.74) is 1.13. The van der Waals surface area contributed by atoms with Crippen LogP contribution in [0.15, 0.2) is 23.1 Å². The van der Waals surface area contributed by atoms with Gasteiger partial charge in [0.05, 0.1) is 0 Å². The fraction of sp³-hybridized carbons (Fsp3) is 0.556. The molecule has 0 atom stereocenters. The Morgan fingerprint density at radius 1 is 1.35 bits per heavy atom. The van der Waals surface area contributed by atoms with E-state index in [0.29, 0.717) is 36.6 Å². The SMILES string of the molecule is CN(C)CCNC(=O)C1CCN(c2nc3cccnc3n(C)c2=O)CC1. The van der Waals surface area contributed by atoms with E-state index in [1.807, 2.05) is 36.0 Å². The van der Waals surface area contributed by atoms with Crippen molar-refractivity contribution in [3.8, 4) is 0 Å². The topological polar surface area (TPSA) is 83.4 Å². The number of pyridine rings is 1.